The van der Waals surface area contributed by atoms with Gasteiger partial charge in [0.2, 0.25) is 0 Å². The molecule has 1 aliphatic rings. The third kappa shape index (κ3) is 3.57. The molecule has 3 nitrogen and oxygen atoms in total. The van der Waals surface area contributed by atoms with Crippen molar-refractivity contribution in [2.45, 2.75) is 19.3 Å². The molecule has 0 bridgehead atoms. The zero-order chi connectivity index (χ0) is 12.8. The highest BCUT2D eigenvalue weighted by molar-refractivity contribution is 5.93. The Morgan fingerprint density at radius 3 is 2.61 bits per heavy atom. The Bertz CT molecular complexity index is 371. The van der Waals surface area contributed by atoms with E-state index in [1.165, 1.54) is 0 Å². The van der Waals surface area contributed by atoms with Gasteiger partial charge in [-0.1, -0.05) is 18.2 Å². The lowest BCUT2D eigenvalue weighted by atomic mass is 9.96. The number of amides is 1. The first-order valence-electron chi connectivity index (χ1n) is 6.65. The molecule has 2 rings (SSSR count). The number of hydrogen-bond acceptors (Lipinski definition) is 2. The van der Waals surface area contributed by atoms with E-state index < -0.39 is 0 Å². The largest absolute Gasteiger partial charge is 0.381 e. The van der Waals surface area contributed by atoms with E-state index >= 15 is 0 Å². The Morgan fingerprint density at radius 2 is 1.94 bits per heavy atom. The van der Waals surface area contributed by atoms with Gasteiger partial charge in [-0.2, -0.15) is 0 Å². The van der Waals surface area contributed by atoms with Gasteiger partial charge in [0, 0.05) is 32.4 Å². The molecule has 0 radical (unpaired) electrons. The predicted octanol–water partition coefficient (Wildman–Crippen LogP) is 2.58. The van der Waals surface area contributed by atoms with Crippen molar-refractivity contribution in [2.75, 3.05) is 26.8 Å². The van der Waals surface area contributed by atoms with Gasteiger partial charge >= 0.3 is 0 Å². The molecule has 0 N–H and O–H groups in total. The summed E-state index contributed by atoms with van der Waals surface area (Å²) in [6.07, 6.45) is 3.35. The lowest BCUT2D eigenvalue weighted by Crippen LogP contribution is -2.30. The topological polar surface area (TPSA) is 29.5 Å². The van der Waals surface area contributed by atoms with Crippen LogP contribution >= 0.6 is 0 Å². The highest BCUT2D eigenvalue weighted by Crippen LogP contribution is 2.18. The Kier molecular flexibility index (Phi) is 4.76. The molecule has 0 saturated carbocycles. The minimum Gasteiger partial charge on any atom is -0.381 e. The molecule has 0 aromatic heterocycles. The first-order chi connectivity index (χ1) is 8.77. The number of benzene rings is 1. The predicted molar refractivity (Wildman–Crippen MR) is 71.6 cm³/mol. The van der Waals surface area contributed by atoms with Crippen LogP contribution in [-0.2, 0) is 4.74 Å². The maximum atomic E-state index is 12.1. The van der Waals surface area contributed by atoms with Crippen LogP contribution < -0.4 is 0 Å². The second-order valence-electron chi connectivity index (χ2n) is 4.94. The monoisotopic (exact) mass is 247 g/mol. The summed E-state index contributed by atoms with van der Waals surface area (Å²) in [5.41, 5.74) is 0.770. The van der Waals surface area contributed by atoms with Crippen LogP contribution in [0.5, 0.6) is 0 Å². The fraction of sp³-hybridized carbons (Fsp3) is 0.533. The summed E-state index contributed by atoms with van der Waals surface area (Å²) in [7, 11) is 1.88. The van der Waals surface area contributed by atoms with Gasteiger partial charge in [0.25, 0.3) is 5.91 Å². The quantitative estimate of drug-likeness (QED) is 0.818. The number of carbonyl (C=O) groups is 1. The zero-order valence-corrected chi connectivity index (χ0v) is 11.0. The van der Waals surface area contributed by atoms with Crippen LogP contribution in [0, 0.1) is 5.92 Å². The molecular formula is C15H21NO2. The normalized spacial score (nSPS) is 16.5. The SMILES string of the molecule is CN(CCC1CCOCC1)C(=O)c1ccccc1. The molecule has 1 heterocycles. The average molecular weight is 247 g/mol. The van der Waals surface area contributed by atoms with E-state index in [2.05, 4.69) is 0 Å². The van der Waals surface area contributed by atoms with Gasteiger partial charge in [0.1, 0.15) is 0 Å². The van der Waals surface area contributed by atoms with Crippen LogP contribution in [0.1, 0.15) is 29.6 Å². The number of ether oxygens (including phenoxy) is 1. The lowest BCUT2D eigenvalue weighted by Gasteiger charge is -2.25. The van der Waals surface area contributed by atoms with Crippen LogP contribution in [-0.4, -0.2) is 37.6 Å². The second kappa shape index (κ2) is 6.55. The molecule has 0 atom stereocenters. The van der Waals surface area contributed by atoms with E-state index in [-0.39, 0.29) is 5.91 Å². The molecule has 1 aromatic carbocycles. The molecule has 18 heavy (non-hydrogen) atoms. The van der Waals surface area contributed by atoms with E-state index in [0.717, 1.165) is 44.6 Å². The smallest absolute Gasteiger partial charge is 0.253 e. The first-order valence-corrected chi connectivity index (χ1v) is 6.65. The summed E-state index contributed by atoms with van der Waals surface area (Å²) in [6, 6.07) is 9.47. The van der Waals surface area contributed by atoms with Crippen LogP contribution in [0.15, 0.2) is 30.3 Å². The van der Waals surface area contributed by atoms with Crippen LogP contribution in [0.4, 0.5) is 0 Å². The fourth-order valence-corrected chi connectivity index (χ4v) is 2.31. The van der Waals surface area contributed by atoms with E-state index in [0.29, 0.717) is 5.92 Å². The van der Waals surface area contributed by atoms with Gasteiger partial charge in [-0.25, -0.2) is 0 Å². The zero-order valence-electron chi connectivity index (χ0n) is 11.0. The number of hydrogen-bond donors (Lipinski definition) is 0. The third-order valence-corrected chi connectivity index (χ3v) is 3.58. The Balaban J connectivity index is 1.80. The molecule has 1 aromatic rings. The minimum absolute atomic E-state index is 0.114. The lowest BCUT2D eigenvalue weighted by molar-refractivity contribution is 0.0583. The summed E-state index contributed by atoms with van der Waals surface area (Å²) in [5, 5.41) is 0. The average Bonchev–Trinajstić information content (AvgIpc) is 2.46. The summed E-state index contributed by atoms with van der Waals surface area (Å²) in [4.78, 5) is 13.9. The summed E-state index contributed by atoms with van der Waals surface area (Å²) >= 11 is 0. The standard InChI is InChI=1S/C15H21NO2/c1-16(10-7-13-8-11-18-12-9-13)15(17)14-5-3-2-4-6-14/h2-6,13H,7-12H2,1H3. The molecule has 1 saturated heterocycles. The van der Waals surface area contributed by atoms with Crippen LogP contribution in [0.3, 0.4) is 0 Å². The van der Waals surface area contributed by atoms with Crippen LogP contribution in [0.25, 0.3) is 0 Å². The first kappa shape index (κ1) is 13.1. The van der Waals surface area contributed by atoms with Gasteiger partial charge in [-0.05, 0) is 37.3 Å². The van der Waals surface area contributed by atoms with Crippen molar-refractivity contribution in [2.24, 2.45) is 5.92 Å². The van der Waals surface area contributed by atoms with Crippen molar-refractivity contribution in [1.82, 2.24) is 4.90 Å². The van der Waals surface area contributed by atoms with E-state index in [1.54, 1.807) is 0 Å². The number of carbonyl (C=O) groups excluding carboxylic acids is 1. The Labute approximate surface area is 109 Å². The van der Waals surface area contributed by atoms with Crippen LogP contribution in [0.2, 0.25) is 0 Å². The maximum Gasteiger partial charge on any atom is 0.253 e. The van der Waals surface area contributed by atoms with Crippen molar-refractivity contribution in [3.05, 3.63) is 35.9 Å². The van der Waals surface area contributed by atoms with Gasteiger partial charge < -0.3 is 9.64 Å². The molecule has 98 valence electrons. The second-order valence-corrected chi connectivity index (χ2v) is 4.94. The third-order valence-electron chi connectivity index (χ3n) is 3.58. The number of rotatable bonds is 4. The minimum atomic E-state index is 0.114. The molecule has 3 heteroatoms. The highest BCUT2D eigenvalue weighted by atomic mass is 16.5. The summed E-state index contributed by atoms with van der Waals surface area (Å²) < 4.78 is 5.34. The molecule has 1 aliphatic heterocycles. The van der Waals surface area contributed by atoms with Crippen molar-refractivity contribution in [3.8, 4) is 0 Å². The molecular weight excluding hydrogens is 226 g/mol. The number of nitrogens with zero attached hydrogens (tertiary/aromatic N) is 1. The Morgan fingerprint density at radius 1 is 1.28 bits per heavy atom. The van der Waals surface area contributed by atoms with Gasteiger partial charge in [0.05, 0.1) is 0 Å². The molecule has 1 amide bonds. The van der Waals surface area contributed by atoms with E-state index in [9.17, 15) is 4.79 Å². The fourth-order valence-electron chi connectivity index (χ4n) is 2.31. The van der Waals surface area contributed by atoms with Crippen molar-refractivity contribution in [1.29, 1.82) is 0 Å². The van der Waals surface area contributed by atoms with Gasteiger partial charge in [-0.15, -0.1) is 0 Å². The van der Waals surface area contributed by atoms with E-state index in [1.807, 2.05) is 42.3 Å². The molecule has 0 unspecified atom stereocenters. The summed E-state index contributed by atoms with van der Waals surface area (Å²) in [5.74, 6) is 0.826. The van der Waals surface area contributed by atoms with E-state index in [4.69, 9.17) is 4.74 Å². The Hall–Kier alpha value is -1.35. The highest BCUT2D eigenvalue weighted by Gasteiger charge is 2.16. The van der Waals surface area contributed by atoms with Crippen molar-refractivity contribution < 1.29 is 9.53 Å². The molecule has 0 aliphatic carbocycles. The maximum absolute atomic E-state index is 12.1. The summed E-state index contributed by atoms with van der Waals surface area (Å²) in [6.45, 7) is 2.58. The van der Waals surface area contributed by atoms with Gasteiger partial charge in [0.15, 0.2) is 0 Å². The van der Waals surface area contributed by atoms with Crippen molar-refractivity contribution in [3.63, 3.8) is 0 Å². The van der Waals surface area contributed by atoms with Crippen molar-refractivity contribution >= 4 is 5.91 Å². The molecule has 1 fully saturated rings. The van der Waals surface area contributed by atoms with Gasteiger partial charge in [-0.3, -0.25) is 4.79 Å². The molecule has 0 spiro atoms.